The zero-order chi connectivity index (χ0) is 13.1. The van der Waals surface area contributed by atoms with Crippen LogP contribution >= 0.6 is 0 Å². The molecule has 92 valence electrons. The van der Waals surface area contributed by atoms with E-state index in [0.29, 0.717) is 5.69 Å². The number of aromatic nitrogens is 1. The number of allylic oxidation sites excluding steroid dienone is 1. The Bertz CT molecular complexity index is 586. The molecule has 0 amide bonds. The van der Waals surface area contributed by atoms with E-state index in [4.69, 9.17) is 0 Å². The van der Waals surface area contributed by atoms with Gasteiger partial charge in [-0.2, -0.15) is 0 Å². The molecule has 0 saturated carbocycles. The fraction of sp³-hybridized carbons (Fsp3) is 0.133. The second-order valence-electron chi connectivity index (χ2n) is 4.03. The largest absolute Gasteiger partial charge is 0.253 e. The summed E-state index contributed by atoms with van der Waals surface area (Å²) in [5, 5.41) is 0. The van der Waals surface area contributed by atoms with E-state index < -0.39 is 0 Å². The average Bonchev–Trinajstić information content (AvgIpc) is 2.38. The number of aryl methyl sites for hydroxylation is 1. The van der Waals surface area contributed by atoms with E-state index in [-0.39, 0.29) is 11.6 Å². The maximum Gasteiger partial charge on any atom is 0.144 e. The molecule has 0 N–H and O–H groups in total. The van der Waals surface area contributed by atoms with Crippen molar-refractivity contribution in [2.75, 3.05) is 0 Å². The summed E-state index contributed by atoms with van der Waals surface area (Å²) in [5.74, 6) is -0.613. The molecule has 1 aromatic heterocycles. The highest BCUT2D eigenvalue weighted by molar-refractivity contribution is 5.67. The van der Waals surface area contributed by atoms with Crippen LogP contribution < -0.4 is 0 Å². The van der Waals surface area contributed by atoms with Gasteiger partial charge in [-0.3, -0.25) is 4.98 Å². The van der Waals surface area contributed by atoms with Gasteiger partial charge in [-0.15, -0.1) is 0 Å². The highest BCUT2D eigenvalue weighted by Crippen LogP contribution is 2.24. The number of benzene rings is 1. The minimum Gasteiger partial charge on any atom is -0.253 e. The van der Waals surface area contributed by atoms with E-state index in [1.54, 1.807) is 32.2 Å². The number of hydrogen-bond donors (Lipinski definition) is 0. The maximum absolute atomic E-state index is 13.5. The molecule has 0 radical (unpaired) electrons. The predicted octanol–water partition coefficient (Wildman–Crippen LogP) is 4.53. The monoisotopic (exact) mass is 245 g/mol. The van der Waals surface area contributed by atoms with Crippen molar-refractivity contribution in [3.05, 3.63) is 59.7 Å². The van der Waals surface area contributed by atoms with Crippen LogP contribution in [0.4, 0.5) is 8.78 Å². The van der Waals surface area contributed by atoms with Gasteiger partial charge in [0.15, 0.2) is 0 Å². The highest BCUT2D eigenvalue weighted by atomic mass is 19.1. The van der Waals surface area contributed by atoms with Crippen LogP contribution in [0.5, 0.6) is 0 Å². The first kappa shape index (κ1) is 12.4. The van der Waals surface area contributed by atoms with Gasteiger partial charge in [0, 0.05) is 11.8 Å². The Morgan fingerprint density at radius 1 is 1.17 bits per heavy atom. The molecule has 0 unspecified atom stereocenters. The predicted molar refractivity (Wildman–Crippen MR) is 69.1 cm³/mol. The molecule has 1 aromatic carbocycles. The quantitative estimate of drug-likeness (QED) is 0.757. The Labute approximate surface area is 105 Å². The molecule has 0 fully saturated rings. The molecule has 0 aliphatic heterocycles. The molecule has 3 heteroatoms. The first-order valence-corrected chi connectivity index (χ1v) is 5.66. The van der Waals surface area contributed by atoms with E-state index >= 15 is 0 Å². The lowest BCUT2D eigenvalue weighted by Gasteiger charge is -2.06. The van der Waals surface area contributed by atoms with Gasteiger partial charge in [0.1, 0.15) is 17.3 Å². The van der Waals surface area contributed by atoms with E-state index in [9.17, 15) is 8.78 Å². The van der Waals surface area contributed by atoms with Gasteiger partial charge in [0.05, 0.1) is 0 Å². The van der Waals surface area contributed by atoms with Gasteiger partial charge in [0.25, 0.3) is 0 Å². The third kappa shape index (κ3) is 2.45. The highest BCUT2D eigenvalue weighted by Gasteiger charge is 2.07. The van der Waals surface area contributed by atoms with Gasteiger partial charge in [-0.05, 0) is 49.2 Å². The van der Waals surface area contributed by atoms with Crippen molar-refractivity contribution < 1.29 is 8.78 Å². The molecule has 1 nitrogen and oxygen atoms in total. The molecule has 18 heavy (non-hydrogen) atoms. The van der Waals surface area contributed by atoms with Gasteiger partial charge < -0.3 is 0 Å². The first-order valence-electron chi connectivity index (χ1n) is 5.66. The fourth-order valence-corrected chi connectivity index (χ4v) is 1.76. The summed E-state index contributed by atoms with van der Waals surface area (Å²) >= 11 is 0. The zero-order valence-electron chi connectivity index (χ0n) is 10.2. The number of nitrogens with zero attached hydrogens (tertiary/aromatic N) is 1. The van der Waals surface area contributed by atoms with Crippen LogP contribution in [0.1, 0.15) is 18.2 Å². The van der Waals surface area contributed by atoms with Crippen LogP contribution in [0.3, 0.4) is 0 Å². The molecule has 0 bridgehead atoms. The number of rotatable bonds is 2. The molecule has 2 aromatic rings. The molecule has 0 aliphatic carbocycles. The molecule has 0 aliphatic rings. The van der Waals surface area contributed by atoms with Crippen molar-refractivity contribution in [2.24, 2.45) is 0 Å². The number of halogens is 2. The molecule has 0 spiro atoms. The molecular weight excluding hydrogens is 232 g/mol. The van der Waals surface area contributed by atoms with Crippen LogP contribution in [0.2, 0.25) is 0 Å². The standard InChI is InChI=1S/C15H13F2N/c1-3-14(17)15-10(2)8-12(9-18-15)11-4-6-13(16)7-5-11/h3-9H,1-2H3/b14-3+. The van der Waals surface area contributed by atoms with Crippen LogP contribution in [0, 0.1) is 12.7 Å². The molecule has 2 rings (SSSR count). The SMILES string of the molecule is C/C=C(/F)c1ncc(-c2ccc(F)cc2)cc1C. The van der Waals surface area contributed by atoms with Gasteiger partial charge in [0.2, 0.25) is 0 Å². The summed E-state index contributed by atoms with van der Waals surface area (Å²) in [6.07, 6.45) is 2.98. The van der Waals surface area contributed by atoms with Crippen molar-refractivity contribution in [1.29, 1.82) is 0 Å². The summed E-state index contributed by atoms with van der Waals surface area (Å²) in [5.41, 5.74) is 2.82. The topological polar surface area (TPSA) is 12.9 Å². The fourth-order valence-electron chi connectivity index (χ4n) is 1.76. The Morgan fingerprint density at radius 2 is 1.83 bits per heavy atom. The van der Waals surface area contributed by atoms with E-state index in [1.807, 2.05) is 6.07 Å². The zero-order valence-corrected chi connectivity index (χ0v) is 10.2. The first-order chi connectivity index (χ1) is 8.61. The summed E-state index contributed by atoms with van der Waals surface area (Å²) in [7, 11) is 0. The second-order valence-corrected chi connectivity index (χ2v) is 4.03. The average molecular weight is 245 g/mol. The Kier molecular flexibility index (Phi) is 3.51. The van der Waals surface area contributed by atoms with Crippen LogP contribution in [0.15, 0.2) is 42.6 Å². The number of pyridine rings is 1. The van der Waals surface area contributed by atoms with Gasteiger partial charge >= 0.3 is 0 Å². The normalized spacial score (nSPS) is 11.7. The van der Waals surface area contributed by atoms with Crippen molar-refractivity contribution >= 4 is 5.83 Å². The molecule has 1 heterocycles. The van der Waals surface area contributed by atoms with E-state index in [0.717, 1.165) is 16.7 Å². The Morgan fingerprint density at radius 3 is 2.39 bits per heavy atom. The lowest BCUT2D eigenvalue weighted by Crippen LogP contribution is -1.91. The molecule has 0 saturated heterocycles. The minimum atomic E-state index is -0.335. The lowest BCUT2D eigenvalue weighted by atomic mass is 10.0. The van der Waals surface area contributed by atoms with Crippen LogP contribution in [-0.2, 0) is 0 Å². The van der Waals surface area contributed by atoms with Gasteiger partial charge in [-0.25, -0.2) is 8.78 Å². The molecule has 0 atom stereocenters. The van der Waals surface area contributed by atoms with E-state index in [1.165, 1.54) is 18.2 Å². The van der Waals surface area contributed by atoms with E-state index in [2.05, 4.69) is 4.98 Å². The smallest absolute Gasteiger partial charge is 0.144 e. The van der Waals surface area contributed by atoms with Crippen LogP contribution in [-0.4, -0.2) is 4.98 Å². The summed E-state index contributed by atoms with van der Waals surface area (Å²) in [6.45, 7) is 3.43. The Hall–Kier alpha value is -2.03. The number of hydrogen-bond acceptors (Lipinski definition) is 1. The van der Waals surface area contributed by atoms with Crippen molar-refractivity contribution in [2.45, 2.75) is 13.8 Å². The third-order valence-electron chi connectivity index (χ3n) is 2.74. The summed E-state index contributed by atoms with van der Waals surface area (Å²) < 4.78 is 26.3. The summed E-state index contributed by atoms with van der Waals surface area (Å²) in [6, 6.07) is 7.99. The second kappa shape index (κ2) is 5.08. The minimum absolute atomic E-state index is 0.278. The van der Waals surface area contributed by atoms with Crippen molar-refractivity contribution in [1.82, 2.24) is 4.98 Å². The van der Waals surface area contributed by atoms with Crippen molar-refractivity contribution in [3.8, 4) is 11.1 Å². The molecular formula is C15H13F2N. The third-order valence-corrected chi connectivity index (χ3v) is 2.74. The summed E-state index contributed by atoms with van der Waals surface area (Å²) in [4.78, 5) is 4.11. The van der Waals surface area contributed by atoms with Crippen LogP contribution in [0.25, 0.3) is 17.0 Å². The maximum atomic E-state index is 13.5. The Balaban J connectivity index is 2.43. The van der Waals surface area contributed by atoms with Crippen molar-refractivity contribution in [3.63, 3.8) is 0 Å². The van der Waals surface area contributed by atoms with Gasteiger partial charge in [-0.1, -0.05) is 12.1 Å². The lowest BCUT2D eigenvalue weighted by molar-refractivity contribution is 0.628.